The first-order valence-corrected chi connectivity index (χ1v) is 10.8. The molecule has 0 amide bonds. The fourth-order valence-corrected chi connectivity index (χ4v) is 4.15. The standard InChI is InChI=1S/C25H26N4O2/c26-16-20-4-1-5-22(15-20)23-8-7-21(17-28-23)18-29-12-9-19(10-13-29)3-2-6-24(30)25-27-11-14-31-25/h1,4-5,7-8,11,14-15,17,19H,2-3,6,9-10,12-13,18H2. The van der Waals surface area contributed by atoms with Gasteiger partial charge in [0, 0.05) is 24.7 Å². The zero-order valence-corrected chi connectivity index (χ0v) is 17.5. The molecule has 6 nitrogen and oxygen atoms in total. The van der Waals surface area contributed by atoms with Gasteiger partial charge in [0.1, 0.15) is 6.26 Å². The minimum absolute atomic E-state index is 0.00210. The van der Waals surface area contributed by atoms with Gasteiger partial charge in [0.15, 0.2) is 0 Å². The number of ketones is 1. The number of hydrogen-bond donors (Lipinski definition) is 0. The third kappa shape index (κ3) is 5.65. The summed E-state index contributed by atoms with van der Waals surface area (Å²) >= 11 is 0. The summed E-state index contributed by atoms with van der Waals surface area (Å²) in [5.74, 6) is 0.909. The van der Waals surface area contributed by atoms with Gasteiger partial charge in [0.05, 0.1) is 23.5 Å². The summed E-state index contributed by atoms with van der Waals surface area (Å²) in [7, 11) is 0. The number of rotatable bonds is 8. The van der Waals surface area contributed by atoms with E-state index in [4.69, 9.17) is 9.68 Å². The van der Waals surface area contributed by atoms with Crippen LogP contribution in [0.2, 0.25) is 0 Å². The van der Waals surface area contributed by atoms with Crippen molar-refractivity contribution < 1.29 is 9.21 Å². The highest BCUT2D eigenvalue weighted by molar-refractivity contribution is 5.91. The van der Waals surface area contributed by atoms with Crippen LogP contribution in [0.15, 0.2) is 59.5 Å². The number of carbonyl (C=O) groups excluding carboxylic acids is 1. The van der Waals surface area contributed by atoms with E-state index in [1.807, 2.05) is 30.5 Å². The van der Waals surface area contributed by atoms with Gasteiger partial charge in [-0.05, 0) is 68.5 Å². The molecule has 0 spiro atoms. The normalized spacial score (nSPS) is 14.9. The van der Waals surface area contributed by atoms with Gasteiger partial charge in [-0.2, -0.15) is 5.26 Å². The molecule has 6 heteroatoms. The van der Waals surface area contributed by atoms with E-state index in [1.165, 1.54) is 30.9 Å². The maximum Gasteiger partial charge on any atom is 0.263 e. The predicted octanol–water partition coefficient (Wildman–Crippen LogP) is 4.87. The SMILES string of the molecule is N#Cc1cccc(-c2ccc(CN3CCC(CCCC(=O)c4ncco4)CC3)cn2)c1. The Bertz CT molecular complexity index is 1030. The molecule has 0 aliphatic carbocycles. The van der Waals surface area contributed by atoms with Crippen molar-refractivity contribution in [1.29, 1.82) is 5.26 Å². The molecule has 1 fully saturated rings. The number of likely N-dealkylation sites (tertiary alicyclic amines) is 1. The lowest BCUT2D eigenvalue weighted by atomic mass is 9.91. The lowest BCUT2D eigenvalue weighted by Gasteiger charge is -2.32. The largest absolute Gasteiger partial charge is 0.442 e. The third-order valence-electron chi connectivity index (χ3n) is 5.91. The Labute approximate surface area is 182 Å². The molecular weight excluding hydrogens is 388 g/mol. The number of aromatic nitrogens is 2. The summed E-state index contributed by atoms with van der Waals surface area (Å²) < 4.78 is 5.07. The molecule has 3 heterocycles. The predicted molar refractivity (Wildman–Crippen MR) is 117 cm³/mol. The summed E-state index contributed by atoms with van der Waals surface area (Å²) in [5.41, 5.74) is 3.70. The Morgan fingerprint density at radius 1 is 1.19 bits per heavy atom. The quantitative estimate of drug-likeness (QED) is 0.489. The average Bonchev–Trinajstić information content (AvgIpc) is 3.36. The summed E-state index contributed by atoms with van der Waals surface area (Å²) in [5, 5.41) is 9.07. The van der Waals surface area contributed by atoms with Crippen LogP contribution in [0.3, 0.4) is 0 Å². The van der Waals surface area contributed by atoms with Crippen LogP contribution in [0.1, 0.15) is 53.9 Å². The lowest BCUT2D eigenvalue weighted by molar-refractivity contribution is 0.0940. The molecule has 0 saturated carbocycles. The van der Waals surface area contributed by atoms with Gasteiger partial charge in [-0.15, -0.1) is 0 Å². The summed E-state index contributed by atoms with van der Waals surface area (Å²) in [4.78, 5) is 23.0. The van der Waals surface area contributed by atoms with Gasteiger partial charge < -0.3 is 4.42 Å². The maximum absolute atomic E-state index is 12.0. The molecule has 2 aromatic heterocycles. The number of hydrogen-bond acceptors (Lipinski definition) is 6. The fraction of sp³-hybridized carbons (Fsp3) is 0.360. The second-order valence-electron chi connectivity index (χ2n) is 8.12. The minimum atomic E-state index is -0.00210. The monoisotopic (exact) mass is 414 g/mol. The van der Waals surface area contributed by atoms with Crippen LogP contribution in [0.25, 0.3) is 11.3 Å². The van der Waals surface area contributed by atoms with Gasteiger partial charge in [-0.3, -0.25) is 14.7 Å². The first kappa shape index (κ1) is 21.0. The molecular formula is C25H26N4O2. The number of benzene rings is 1. The third-order valence-corrected chi connectivity index (χ3v) is 5.91. The number of carbonyl (C=O) groups is 1. The summed E-state index contributed by atoms with van der Waals surface area (Å²) in [6.07, 6.45) is 9.71. The Kier molecular flexibility index (Phi) is 6.85. The first-order valence-electron chi connectivity index (χ1n) is 10.8. The highest BCUT2D eigenvalue weighted by Crippen LogP contribution is 2.25. The molecule has 0 unspecified atom stereocenters. The van der Waals surface area contributed by atoms with Crippen LogP contribution in [-0.4, -0.2) is 33.7 Å². The van der Waals surface area contributed by atoms with E-state index in [1.54, 1.807) is 6.07 Å². The molecule has 1 aliphatic rings. The lowest BCUT2D eigenvalue weighted by Crippen LogP contribution is -2.33. The number of nitrogens with zero attached hydrogens (tertiary/aromatic N) is 4. The second-order valence-corrected chi connectivity index (χ2v) is 8.12. The zero-order valence-electron chi connectivity index (χ0n) is 17.5. The number of pyridine rings is 1. The molecule has 4 rings (SSSR count). The maximum atomic E-state index is 12.0. The second kappa shape index (κ2) is 10.1. The summed E-state index contributed by atoms with van der Waals surface area (Å²) in [6, 6.07) is 13.9. The molecule has 1 aromatic carbocycles. The van der Waals surface area contributed by atoms with Crippen molar-refractivity contribution in [3.05, 3.63) is 72.1 Å². The van der Waals surface area contributed by atoms with Crippen LogP contribution in [-0.2, 0) is 6.54 Å². The van der Waals surface area contributed by atoms with Gasteiger partial charge in [0.25, 0.3) is 5.89 Å². The topological polar surface area (TPSA) is 83.0 Å². The van der Waals surface area contributed by atoms with Crippen molar-refractivity contribution in [3.63, 3.8) is 0 Å². The van der Waals surface area contributed by atoms with Crippen molar-refractivity contribution in [2.75, 3.05) is 13.1 Å². The molecule has 1 aliphatic heterocycles. The van der Waals surface area contributed by atoms with E-state index in [2.05, 4.69) is 27.0 Å². The molecule has 158 valence electrons. The van der Waals surface area contributed by atoms with E-state index in [0.29, 0.717) is 17.9 Å². The van der Waals surface area contributed by atoms with Gasteiger partial charge >= 0.3 is 0 Å². The van der Waals surface area contributed by atoms with Crippen molar-refractivity contribution >= 4 is 5.78 Å². The number of nitriles is 1. The van der Waals surface area contributed by atoms with Crippen LogP contribution in [0, 0.1) is 17.2 Å². The highest BCUT2D eigenvalue weighted by atomic mass is 16.3. The molecule has 0 atom stereocenters. The van der Waals surface area contributed by atoms with Crippen LogP contribution < -0.4 is 0 Å². The molecule has 31 heavy (non-hydrogen) atoms. The zero-order chi connectivity index (χ0) is 21.5. The Hall–Kier alpha value is -3.30. The fourth-order valence-electron chi connectivity index (χ4n) is 4.15. The van der Waals surface area contributed by atoms with E-state index in [0.717, 1.165) is 43.7 Å². The first-order chi connectivity index (χ1) is 15.2. The van der Waals surface area contributed by atoms with E-state index < -0.39 is 0 Å². The van der Waals surface area contributed by atoms with Crippen LogP contribution in [0.4, 0.5) is 0 Å². The average molecular weight is 415 g/mol. The molecule has 0 radical (unpaired) electrons. The Morgan fingerprint density at radius 2 is 2.06 bits per heavy atom. The van der Waals surface area contributed by atoms with Gasteiger partial charge in [-0.1, -0.05) is 18.2 Å². The smallest absolute Gasteiger partial charge is 0.263 e. The number of Topliss-reactive ketones (excluding diaryl/α,β-unsaturated/α-hetero) is 1. The van der Waals surface area contributed by atoms with Crippen LogP contribution in [0.5, 0.6) is 0 Å². The van der Waals surface area contributed by atoms with Crippen molar-refractivity contribution in [3.8, 4) is 17.3 Å². The van der Waals surface area contributed by atoms with Crippen molar-refractivity contribution in [1.82, 2.24) is 14.9 Å². The Morgan fingerprint density at radius 3 is 2.77 bits per heavy atom. The van der Waals surface area contributed by atoms with Gasteiger partial charge in [0.2, 0.25) is 5.78 Å². The van der Waals surface area contributed by atoms with Gasteiger partial charge in [-0.25, -0.2) is 4.98 Å². The van der Waals surface area contributed by atoms with E-state index in [9.17, 15) is 4.79 Å². The van der Waals surface area contributed by atoms with Crippen LogP contribution >= 0.6 is 0 Å². The highest BCUT2D eigenvalue weighted by Gasteiger charge is 2.20. The molecule has 0 bridgehead atoms. The van der Waals surface area contributed by atoms with Crippen molar-refractivity contribution in [2.45, 2.75) is 38.6 Å². The summed E-state index contributed by atoms with van der Waals surface area (Å²) in [6.45, 7) is 3.05. The Balaban J connectivity index is 1.21. The van der Waals surface area contributed by atoms with Crippen molar-refractivity contribution in [2.24, 2.45) is 5.92 Å². The number of oxazole rings is 1. The molecule has 3 aromatic rings. The molecule has 1 saturated heterocycles. The number of piperidine rings is 1. The molecule has 0 N–H and O–H groups in total. The van der Waals surface area contributed by atoms with E-state index >= 15 is 0 Å². The van der Waals surface area contributed by atoms with E-state index in [-0.39, 0.29) is 11.7 Å². The minimum Gasteiger partial charge on any atom is -0.442 e.